The third kappa shape index (κ3) is 86.8. The molecule has 0 aromatic rings. The van der Waals surface area contributed by atoms with Crippen molar-refractivity contribution in [1.82, 2.24) is 0 Å². The Bertz CT molecular complexity index is 1010. The highest BCUT2D eigenvalue weighted by Gasteiger charge is 2.00. The molecule has 0 fully saturated rings. The van der Waals surface area contributed by atoms with Crippen molar-refractivity contribution < 1.29 is 39.6 Å². The van der Waals surface area contributed by atoms with Gasteiger partial charge in [0.2, 0.25) is 0 Å². The van der Waals surface area contributed by atoms with Crippen LogP contribution in [0.15, 0.2) is 12.2 Å². The zero-order chi connectivity index (χ0) is 51.1. The first kappa shape index (κ1) is 72.2. The lowest BCUT2D eigenvalue weighted by Gasteiger charge is -2.02. The first-order valence-corrected chi connectivity index (χ1v) is 29.6. The zero-order valence-electron chi connectivity index (χ0n) is 45.9. The summed E-state index contributed by atoms with van der Waals surface area (Å²) in [5.74, 6) is -2.63. The summed E-state index contributed by atoms with van der Waals surface area (Å²) in [7, 11) is 0. The van der Waals surface area contributed by atoms with Crippen LogP contribution in [0, 0.1) is 0 Å². The largest absolute Gasteiger partial charge is 0.481 e. The SMILES string of the molecule is CCCCCCCC/C=C\CCCCCCCC(=O)O.CCCCCCCCCCCC(=O)O.CCCCCCCCCCCCCC(=O)O.CCCCCCCCCCCCCCCC(=O)O. The molecule has 8 heteroatoms. The fraction of sp³-hybridized carbons (Fsp3) is 0.900. The van der Waals surface area contributed by atoms with Gasteiger partial charge in [-0.25, -0.2) is 0 Å². The van der Waals surface area contributed by atoms with Gasteiger partial charge in [0.05, 0.1) is 0 Å². The van der Waals surface area contributed by atoms with Crippen LogP contribution in [0.3, 0.4) is 0 Å². The van der Waals surface area contributed by atoms with E-state index in [0.29, 0.717) is 25.7 Å². The lowest BCUT2D eigenvalue weighted by molar-refractivity contribution is -0.138. The molecule has 0 aromatic carbocycles. The van der Waals surface area contributed by atoms with E-state index < -0.39 is 23.9 Å². The maximum Gasteiger partial charge on any atom is 0.303 e. The van der Waals surface area contributed by atoms with Gasteiger partial charge in [-0.15, -0.1) is 0 Å². The number of hydrogen-bond donors (Lipinski definition) is 4. The molecule has 0 rings (SSSR count). The van der Waals surface area contributed by atoms with Crippen LogP contribution in [-0.4, -0.2) is 44.3 Å². The van der Waals surface area contributed by atoms with Gasteiger partial charge in [0.25, 0.3) is 0 Å². The summed E-state index contributed by atoms with van der Waals surface area (Å²) in [4.78, 5) is 41.1. The molecule has 0 atom stereocenters. The Morgan fingerprint density at radius 3 is 0.500 bits per heavy atom. The second kappa shape index (κ2) is 68.9. The van der Waals surface area contributed by atoms with Gasteiger partial charge in [0, 0.05) is 25.7 Å². The number of unbranched alkanes of at least 4 members (excludes halogenated alkanes) is 41. The molecule has 0 bridgehead atoms. The molecule has 0 radical (unpaired) electrons. The van der Waals surface area contributed by atoms with E-state index in [1.54, 1.807) is 0 Å². The second-order valence-electron chi connectivity index (χ2n) is 19.8. The van der Waals surface area contributed by atoms with E-state index >= 15 is 0 Å². The average molecular weight is 968 g/mol. The molecule has 0 unspecified atom stereocenters. The molecule has 0 saturated carbocycles. The van der Waals surface area contributed by atoms with E-state index in [1.165, 1.54) is 244 Å². The van der Waals surface area contributed by atoms with Crippen LogP contribution in [0.1, 0.15) is 349 Å². The summed E-state index contributed by atoms with van der Waals surface area (Å²) in [6.07, 6.45) is 64.3. The molecule has 0 spiro atoms. The minimum atomic E-state index is -0.664. The molecule has 0 amide bonds. The van der Waals surface area contributed by atoms with Crippen LogP contribution >= 0.6 is 0 Å². The van der Waals surface area contributed by atoms with E-state index in [2.05, 4.69) is 39.8 Å². The van der Waals surface area contributed by atoms with E-state index in [9.17, 15) is 19.2 Å². The van der Waals surface area contributed by atoms with E-state index in [4.69, 9.17) is 20.4 Å². The summed E-state index contributed by atoms with van der Waals surface area (Å²) in [5, 5.41) is 33.9. The van der Waals surface area contributed by atoms with Gasteiger partial charge in [-0.1, -0.05) is 284 Å². The Labute approximate surface area is 422 Å². The number of aliphatic carboxylic acids is 4. The number of carbonyl (C=O) groups is 4. The van der Waals surface area contributed by atoms with Gasteiger partial charge >= 0.3 is 23.9 Å². The number of rotatable bonds is 51. The molecule has 68 heavy (non-hydrogen) atoms. The maximum absolute atomic E-state index is 10.3. The summed E-state index contributed by atoms with van der Waals surface area (Å²) >= 11 is 0. The third-order valence-corrected chi connectivity index (χ3v) is 12.6. The monoisotopic (exact) mass is 967 g/mol. The topological polar surface area (TPSA) is 149 Å². The molecule has 0 aliphatic carbocycles. The first-order valence-electron chi connectivity index (χ1n) is 29.6. The maximum atomic E-state index is 10.3. The minimum absolute atomic E-state index is 0.332. The quantitative estimate of drug-likeness (QED) is 0.0348. The Kier molecular flexibility index (Phi) is 73.1. The Morgan fingerprint density at radius 1 is 0.221 bits per heavy atom. The van der Waals surface area contributed by atoms with E-state index in [0.717, 1.165) is 51.4 Å². The van der Waals surface area contributed by atoms with Crippen molar-refractivity contribution in [3.8, 4) is 0 Å². The van der Waals surface area contributed by atoms with Crippen LogP contribution in [0.2, 0.25) is 0 Å². The molecular formula is C60H118O8. The highest BCUT2D eigenvalue weighted by Crippen LogP contribution is 2.15. The van der Waals surface area contributed by atoms with Crippen molar-refractivity contribution in [1.29, 1.82) is 0 Å². The standard InChI is InChI=1S/C18H34O2.C16H32O2.C14H28O2.C12H24O2/c1-2-3-4-5-6-7-8-9-10-11-12-13-14-15-16-17-18(19)20;1-2-3-4-5-6-7-8-9-10-11-12-13-14-15-16(17)18;1-2-3-4-5-6-7-8-9-10-11-12-13-14(15)16;1-2-3-4-5-6-7-8-9-10-11-12(13)14/h9-10H,2-8,11-17H2,1H3,(H,19,20);2-15H2,1H3,(H,17,18);2-13H2,1H3,(H,15,16);2-11H2,1H3,(H,13,14)/b10-9-;;;. The molecule has 0 heterocycles. The van der Waals surface area contributed by atoms with Crippen LogP contribution in [0.25, 0.3) is 0 Å². The minimum Gasteiger partial charge on any atom is -0.481 e. The van der Waals surface area contributed by atoms with Gasteiger partial charge < -0.3 is 20.4 Å². The summed E-state index contributed by atoms with van der Waals surface area (Å²) in [6.45, 7) is 8.99. The number of carboxylic acids is 4. The Hall–Kier alpha value is -2.38. The Morgan fingerprint density at radius 2 is 0.353 bits per heavy atom. The fourth-order valence-corrected chi connectivity index (χ4v) is 8.17. The number of allylic oxidation sites excluding steroid dienone is 2. The predicted molar refractivity (Wildman–Crippen MR) is 293 cm³/mol. The molecule has 4 N–H and O–H groups in total. The van der Waals surface area contributed by atoms with Crippen LogP contribution < -0.4 is 0 Å². The van der Waals surface area contributed by atoms with Gasteiger partial charge in [-0.05, 0) is 51.4 Å². The zero-order valence-corrected chi connectivity index (χ0v) is 45.9. The Balaban J connectivity index is -0.000000405. The lowest BCUT2D eigenvalue weighted by atomic mass is 10.0. The van der Waals surface area contributed by atoms with Crippen molar-refractivity contribution in [3.05, 3.63) is 12.2 Å². The third-order valence-electron chi connectivity index (χ3n) is 12.6. The van der Waals surface area contributed by atoms with E-state index in [1.807, 2.05) is 0 Å². The van der Waals surface area contributed by atoms with Crippen LogP contribution in [0.4, 0.5) is 0 Å². The molecule has 8 nitrogen and oxygen atoms in total. The van der Waals surface area contributed by atoms with Gasteiger partial charge in [0.15, 0.2) is 0 Å². The van der Waals surface area contributed by atoms with Crippen molar-refractivity contribution in [2.24, 2.45) is 0 Å². The van der Waals surface area contributed by atoms with Crippen molar-refractivity contribution >= 4 is 23.9 Å². The van der Waals surface area contributed by atoms with Crippen molar-refractivity contribution in [3.63, 3.8) is 0 Å². The van der Waals surface area contributed by atoms with Gasteiger partial charge in [-0.2, -0.15) is 0 Å². The van der Waals surface area contributed by atoms with Crippen LogP contribution in [0.5, 0.6) is 0 Å². The number of carboxylic acid groups (broad SMARTS) is 4. The fourth-order valence-electron chi connectivity index (χ4n) is 8.17. The molecule has 0 aliphatic rings. The van der Waals surface area contributed by atoms with Gasteiger partial charge in [0.1, 0.15) is 0 Å². The van der Waals surface area contributed by atoms with Crippen molar-refractivity contribution in [2.75, 3.05) is 0 Å². The summed E-state index contributed by atoms with van der Waals surface area (Å²) < 4.78 is 0. The highest BCUT2D eigenvalue weighted by atomic mass is 16.4. The highest BCUT2D eigenvalue weighted by molar-refractivity contribution is 5.67. The molecule has 406 valence electrons. The molecule has 0 aliphatic heterocycles. The van der Waals surface area contributed by atoms with Gasteiger partial charge in [-0.3, -0.25) is 19.2 Å². The first-order chi connectivity index (χ1) is 33.1. The normalized spacial score (nSPS) is 10.8. The summed E-state index contributed by atoms with van der Waals surface area (Å²) in [6, 6.07) is 0. The molecule has 0 saturated heterocycles. The molecule has 0 aromatic heterocycles. The van der Waals surface area contributed by atoms with Crippen LogP contribution in [-0.2, 0) is 19.2 Å². The van der Waals surface area contributed by atoms with Crippen molar-refractivity contribution in [2.45, 2.75) is 349 Å². The second-order valence-corrected chi connectivity index (χ2v) is 19.8. The molecular weight excluding hydrogens is 849 g/mol. The summed E-state index contributed by atoms with van der Waals surface area (Å²) in [5.41, 5.74) is 0. The predicted octanol–water partition coefficient (Wildman–Crippen LogP) is 20.4. The average Bonchev–Trinajstić information content (AvgIpc) is 3.30. The lowest BCUT2D eigenvalue weighted by Crippen LogP contribution is -1.93. The smallest absolute Gasteiger partial charge is 0.303 e. The van der Waals surface area contributed by atoms with E-state index in [-0.39, 0.29) is 0 Å². The number of hydrogen-bond acceptors (Lipinski definition) is 4.